The summed E-state index contributed by atoms with van der Waals surface area (Å²) in [5.41, 5.74) is 7.45. The molecule has 0 amide bonds. The maximum absolute atomic E-state index is 5.79. The number of anilines is 1. The Hall–Kier alpha value is -2.14. The summed E-state index contributed by atoms with van der Waals surface area (Å²) in [6.45, 7) is 4.39. The van der Waals surface area contributed by atoms with Gasteiger partial charge in [-0.3, -0.25) is 0 Å². The predicted octanol–water partition coefficient (Wildman–Crippen LogP) is 2.66. The van der Waals surface area contributed by atoms with Gasteiger partial charge in [0.25, 0.3) is 0 Å². The smallest absolute Gasteiger partial charge is 0.161 e. The topological polar surface area (TPSA) is 70.3 Å². The van der Waals surface area contributed by atoms with Gasteiger partial charge in [0, 0.05) is 18.7 Å². The van der Waals surface area contributed by atoms with Crippen LogP contribution in [0.2, 0.25) is 0 Å². The molecule has 0 bridgehead atoms. The van der Waals surface area contributed by atoms with E-state index in [2.05, 4.69) is 9.97 Å². The minimum Gasteiger partial charge on any atom is -0.491 e. The highest BCUT2D eigenvalue weighted by Crippen LogP contribution is 2.21. The minimum absolute atomic E-state index is 0.151. The van der Waals surface area contributed by atoms with Crippen LogP contribution in [0.1, 0.15) is 19.5 Å². The zero-order valence-electron chi connectivity index (χ0n) is 12.0. The molecular formula is C15H19N3O2. The van der Waals surface area contributed by atoms with Crippen LogP contribution in [0.5, 0.6) is 5.75 Å². The first-order chi connectivity index (χ1) is 9.58. The summed E-state index contributed by atoms with van der Waals surface area (Å²) in [4.78, 5) is 8.67. The molecule has 0 spiro atoms. The normalized spacial score (nSPS) is 10.8. The Labute approximate surface area is 118 Å². The predicted molar refractivity (Wildman–Crippen MR) is 78.4 cm³/mol. The first kappa shape index (κ1) is 14.3. The molecule has 1 heterocycles. The molecule has 106 valence electrons. The Balaban J connectivity index is 2.26. The SMILES string of the molecule is COCc1cc(N)nc(-c2ccc(OC(C)C)cc2)n1. The number of hydrogen-bond acceptors (Lipinski definition) is 5. The summed E-state index contributed by atoms with van der Waals surface area (Å²) in [5.74, 6) is 1.85. The standard InChI is InChI=1S/C15H19N3O2/c1-10(2)20-13-6-4-11(5-7-13)15-17-12(9-19-3)8-14(16)18-15/h4-8,10H,9H2,1-3H3,(H2,16,17,18). The van der Waals surface area contributed by atoms with Gasteiger partial charge in [-0.05, 0) is 38.1 Å². The lowest BCUT2D eigenvalue weighted by Gasteiger charge is -2.10. The molecule has 0 atom stereocenters. The zero-order chi connectivity index (χ0) is 14.5. The highest BCUT2D eigenvalue weighted by molar-refractivity contribution is 5.58. The summed E-state index contributed by atoms with van der Waals surface area (Å²) in [6.07, 6.45) is 0.151. The van der Waals surface area contributed by atoms with E-state index in [0.29, 0.717) is 18.2 Å². The molecule has 0 radical (unpaired) electrons. The van der Waals surface area contributed by atoms with Gasteiger partial charge in [0.05, 0.1) is 18.4 Å². The van der Waals surface area contributed by atoms with Crippen LogP contribution in [0.25, 0.3) is 11.4 Å². The van der Waals surface area contributed by atoms with Crippen LogP contribution in [0.4, 0.5) is 5.82 Å². The van der Waals surface area contributed by atoms with Crippen molar-refractivity contribution in [2.24, 2.45) is 0 Å². The number of rotatable bonds is 5. The van der Waals surface area contributed by atoms with Crippen LogP contribution in [0.3, 0.4) is 0 Å². The van der Waals surface area contributed by atoms with Gasteiger partial charge in [-0.1, -0.05) is 0 Å². The Morgan fingerprint density at radius 2 is 1.85 bits per heavy atom. The Morgan fingerprint density at radius 3 is 2.45 bits per heavy atom. The highest BCUT2D eigenvalue weighted by Gasteiger charge is 2.06. The average molecular weight is 273 g/mol. The van der Waals surface area contributed by atoms with Crippen LogP contribution in [-0.4, -0.2) is 23.2 Å². The molecule has 5 heteroatoms. The number of nitrogens with two attached hydrogens (primary N) is 1. The van der Waals surface area contributed by atoms with E-state index in [1.807, 2.05) is 38.1 Å². The fourth-order valence-electron chi connectivity index (χ4n) is 1.82. The van der Waals surface area contributed by atoms with Crippen molar-refractivity contribution < 1.29 is 9.47 Å². The summed E-state index contributed by atoms with van der Waals surface area (Å²) < 4.78 is 10.7. The quantitative estimate of drug-likeness (QED) is 0.906. The molecule has 0 aliphatic rings. The van der Waals surface area contributed by atoms with Crippen molar-refractivity contribution in [1.82, 2.24) is 9.97 Å². The number of hydrogen-bond donors (Lipinski definition) is 1. The molecule has 1 aromatic carbocycles. The van der Waals surface area contributed by atoms with Crippen molar-refractivity contribution in [3.05, 3.63) is 36.0 Å². The third-order valence-electron chi connectivity index (χ3n) is 2.58. The van der Waals surface area contributed by atoms with E-state index >= 15 is 0 Å². The molecule has 20 heavy (non-hydrogen) atoms. The van der Waals surface area contributed by atoms with Gasteiger partial charge in [-0.15, -0.1) is 0 Å². The van der Waals surface area contributed by atoms with Gasteiger partial charge < -0.3 is 15.2 Å². The number of nitrogen functional groups attached to an aromatic ring is 1. The third kappa shape index (κ3) is 3.68. The van der Waals surface area contributed by atoms with Crippen LogP contribution in [-0.2, 0) is 11.3 Å². The zero-order valence-corrected chi connectivity index (χ0v) is 12.0. The highest BCUT2D eigenvalue weighted by atomic mass is 16.5. The van der Waals surface area contributed by atoms with E-state index in [9.17, 15) is 0 Å². The van der Waals surface area contributed by atoms with E-state index in [1.54, 1.807) is 13.2 Å². The fraction of sp³-hybridized carbons (Fsp3) is 0.333. The second kappa shape index (κ2) is 6.34. The molecule has 2 N–H and O–H groups in total. The minimum atomic E-state index is 0.151. The molecular weight excluding hydrogens is 254 g/mol. The van der Waals surface area contributed by atoms with Gasteiger partial charge in [0.2, 0.25) is 0 Å². The van der Waals surface area contributed by atoms with Crippen LogP contribution in [0, 0.1) is 0 Å². The summed E-state index contributed by atoms with van der Waals surface area (Å²) in [7, 11) is 1.62. The molecule has 0 saturated carbocycles. The Bertz CT molecular complexity index is 568. The first-order valence-electron chi connectivity index (χ1n) is 6.48. The van der Waals surface area contributed by atoms with E-state index < -0.39 is 0 Å². The van der Waals surface area contributed by atoms with E-state index in [1.165, 1.54) is 0 Å². The maximum Gasteiger partial charge on any atom is 0.161 e. The molecule has 0 aliphatic heterocycles. The van der Waals surface area contributed by atoms with Crippen molar-refractivity contribution in [3.63, 3.8) is 0 Å². The van der Waals surface area contributed by atoms with Crippen molar-refractivity contribution in [3.8, 4) is 17.1 Å². The summed E-state index contributed by atoms with van der Waals surface area (Å²) >= 11 is 0. The number of nitrogens with zero attached hydrogens (tertiary/aromatic N) is 2. The number of ether oxygens (including phenoxy) is 2. The molecule has 0 saturated heterocycles. The van der Waals surface area contributed by atoms with Crippen LogP contribution >= 0.6 is 0 Å². The number of benzene rings is 1. The number of methoxy groups -OCH3 is 1. The Kier molecular flexibility index (Phi) is 4.53. The average Bonchev–Trinajstić information content (AvgIpc) is 2.38. The van der Waals surface area contributed by atoms with Gasteiger partial charge in [0.1, 0.15) is 11.6 Å². The van der Waals surface area contributed by atoms with Crippen molar-refractivity contribution >= 4 is 5.82 Å². The van der Waals surface area contributed by atoms with Gasteiger partial charge in [0.15, 0.2) is 5.82 Å². The fourth-order valence-corrected chi connectivity index (χ4v) is 1.82. The van der Waals surface area contributed by atoms with Gasteiger partial charge in [-0.25, -0.2) is 9.97 Å². The maximum atomic E-state index is 5.79. The second-order valence-corrected chi connectivity index (χ2v) is 4.73. The molecule has 2 rings (SSSR count). The summed E-state index contributed by atoms with van der Waals surface area (Å²) in [6, 6.07) is 9.35. The van der Waals surface area contributed by atoms with Crippen LogP contribution in [0.15, 0.2) is 30.3 Å². The lowest BCUT2D eigenvalue weighted by Crippen LogP contribution is -2.05. The molecule has 0 fully saturated rings. The Morgan fingerprint density at radius 1 is 1.15 bits per heavy atom. The van der Waals surface area contributed by atoms with Crippen molar-refractivity contribution in [2.75, 3.05) is 12.8 Å². The molecule has 5 nitrogen and oxygen atoms in total. The lowest BCUT2D eigenvalue weighted by molar-refractivity contribution is 0.181. The van der Waals surface area contributed by atoms with E-state index in [0.717, 1.165) is 17.0 Å². The molecule has 2 aromatic rings. The van der Waals surface area contributed by atoms with E-state index in [-0.39, 0.29) is 6.10 Å². The van der Waals surface area contributed by atoms with E-state index in [4.69, 9.17) is 15.2 Å². The van der Waals surface area contributed by atoms with Crippen molar-refractivity contribution in [1.29, 1.82) is 0 Å². The molecule has 0 unspecified atom stereocenters. The third-order valence-corrected chi connectivity index (χ3v) is 2.58. The molecule has 1 aromatic heterocycles. The summed E-state index contributed by atoms with van der Waals surface area (Å²) in [5, 5.41) is 0. The molecule has 0 aliphatic carbocycles. The lowest BCUT2D eigenvalue weighted by atomic mass is 10.2. The largest absolute Gasteiger partial charge is 0.491 e. The number of aromatic nitrogens is 2. The monoisotopic (exact) mass is 273 g/mol. The van der Waals surface area contributed by atoms with Gasteiger partial charge in [-0.2, -0.15) is 0 Å². The van der Waals surface area contributed by atoms with Crippen LogP contribution < -0.4 is 10.5 Å². The first-order valence-corrected chi connectivity index (χ1v) is 6.48. The van der Waals surface area contributed by atoms with Gasteiger partial charge >= 0.3 is 0 Å². The van der Waals surface area contributed by atoms with Crippen molar-refractivity contribution in [2.45, 2.75) is 26.6 Å². The second-order valence-electron chi connectivity index (χ2n) is 4.73.